The van der Waals surface area contributed by atoms with Gasteiger partial charge in [-0.1, -0.05) is 0 Å². The maximum atomic E-state index is 14.9. The van der Waals surface area contributed by atoms with Crippen LogP contribution in [0.5, 0.6) is 0 Å². The highest BCUT2D eigenvalue weighted by Crippen LogP contribution is 2.46. The number of amides is 1. The predicted molar refractivity (Wildman–Crippen MR) is 107 cm³/mol. The van der Waals surface area contributed by atoms with Crippen molar-refractivity contribution in [2.45, 2.75) is 50.2 Å². The molecule has 0 saturated carbocycles. The number of aliphatic imine (C=N–C) groups is 1. The molecule has 2 aliphatic heterocycles. The average Bonchev–Trinajstić information content (AvgIpc) is 2.96. The minimum absolute atomic E-state index is 0.309. The van der Waals surface area contributed by atoms with Crippen molar-refractivity contribution in [3.63, 3.8) is 0 Å². The van der Waals surface area contributed by atoms with E-state index in [0.717, 1.165) is 22.5 Å². The number of nitrogens with zero attached hydrogens (tertiary/aromatic N) is 3. The van der Waals surface area contributed by atoms with Crippen LogP contribution in [0.1, 0.15) is 33.3 Å². The maximum absolute atomic E-state index is 14.9. The number of rotatable bonds is 2. The van der Waals surface area contributed by atoms with Gasteiger partial charge in [-0.25, -0.2) is 26.9 Å². The molecule has 11 nitrogen and oxygen atoms in total. The number of fused-ring (bicyclic) bond motifs is 1. The second kappa shape index (κ2) is 7.41. The minimum atomic E-state index is -4.21. The van der Waals surface area contributed by atoms with Crippen LogP contribution in [-0.4, -0.2) is 60.3 Å². The van der Waals surface area contributed by atoms with Crippen LogP contribution in [0.15, 0.2) is 23.2 Å². The summed E-state index contributed by atoms with van der Waals surface area (Å²) in [6.45, 7) is 6.01. The number of nitrogens with one attached hydrogen (secondary N) is 1. The van der Waals surface area contributed by atoms with Gasteiger partial charge >= 0.3 is 6.09 Å². The predicted octanol–water partition coefficient (Wildman–Crippen LogP) is 1.87. The lowest BCUT2D eigenvalue weighted by molar-refractivity contribution is -0.385. The summed E-state index contributed by atoms with van der Waals surface area (Å²) in [7, 11) is -3.03. The summed E-state index contributed by atoms with van der Waals surface area (Å²) in [5.74, 6) is -1.29. The Balaban J connectivity index is 2.20. The van der Waals surface area contributed by atoms with E-state index in [9.17, 15) is 27.7 Å². The van der Waals surface area contributed by atoms with Crippen molar-refractivity contribution in [1.82, 2.24) is 9.62 Å². The number of carbonyl (C=O) groups excluding carboxylic acids is 1. The largest absolute Gasteiger partial charge is 0.444 e. The van der Waals surface area contributed by atoms with Crippen LogP contribution < -0.4 is 5.32 Å². The van der Waals surface area contributed by atoms with Gasteiger partial charge in [0.15, 0.2) is 0 Å². The van der Waals surface area contributed by atoms with Crippen LogP contribution in [0, 0.1) is 15.9 Å². The van der Waals surface area contributed by atoms with Gasteiger partial charge in [0.05, 0.1) is 17.6 Å². The normalized spacial score (nSPS) is 27.3. The van der Waals surface area contributed by atoms with Crippen molar-refractivity contribution in [1.29, 1.82) is 0 Å². The molecule has 2 heterocycles. The third-order valence-corrected chi connectivity index (χ3v) is 7.36. The molecular weight excluding hydrogens is 435 g/mol. The molecule has 31 heavy (non-hydrogen) atoms. The lowest BCUT2D eigenvalue weighted by Crippen LogP contribution is -2.60. The van der Waals surface area contributed by atoms with E-state index in [1.165, 1.54) is 14.0 Å². The maximum Gasteiger partial charge on any atom is 0.414 e. The number of hydrogen-bond acceptors (Lipinski definition) is 8. The first-order valence-corrected chi connectivity index (χ1v) is 10.8. The van der Waals surface area contributed by atoms with Gasteiger partial charge in [-0.2, -0.15) is 0 Å². The quantitative estimate of drug-likeness (QED) is 0.527. The first kappa shape index (κ1) is 22.9. The molecule has 1 aromatic carbocycles. The van der Waals surface area contributed by atoms with Gasteiger partial charge in [0.2, 0.25) is 16.0 Å². The standard InChI is InChI=1S/C18H23FN4O7S/c1-10-14-18(9-29-10,12-8-11(23(25)26)6-7-13(12)19)21-15(22(5)31(14,27)28)20-16(24)30-17(2,3)4/h6-8,10,14H,9H2,1-5H3,(H,20,21,24)/t10-,14-,18-/m1/s1. The molecule has 13 heteroatoms. The number of carbonyl (C=O) groups is 1. The zero-order chi connectivity index (χ0) is 23.4. The second-order valence-electron chi connectivity index (χ2n) is 8.36. The Hall–Kier alpha value is -2.80. The van der Waals surface area contributed by atoms with Crippen LogP contribution in [0.2, 0.25) is 0 Å². The lowest BCUT2D eigenvalue weighted by Gasteiger charge is -2.40. The Morgan fingerprint density at radius 3 is 2.68 bits per heavy atom. The van der Waals surface area contributed by atoms with E-state index < -0.39 is 61.0 Å². The molecule has 1 amide bonds. The SMILES string of the molecule is C[C@H]1OC[C@]2(c3cc([N+](=O)[O-])ccc3F)N=C(NC(=O)OC(C)(C)C)N(C)S(=O)(=O)[C@H]12. The third-order valence-electron chi connectivity index (χ3n) is 5.01. The van der Waals surface area contributed by atoms with E-state index in [1.807, 2.05) is 0 Å². The molecule has 0 bridgehead atoms. The van der Waals surface area contributed by atoms with E-state index in [0.29, 0.717) is 0 Å². The highest BCUT2D eigenvalue weighted by molar-refractivity contribution is 7.90. The van der Waals surface area contributed by atoms with Crippen molar-refractivity contribution in [3.8, 4) is 0 Å². The fourth-order valence-corrected chi connectivity index (χ4v) is 5.67. The fourth-order valence-electron chi connectivity index (χ4n) is 3.70. The number of alkyl carbamates (subject to hydrolysis) is 1. The van der Waals surface area contributed by atoms with Crippen molar-refractivity contribution in [3.05, 3.63) is 39.7 Å². The second-order valence-corrected chi connectivity index (χ2v) is 10.4. The molecule has 3 atom stereocenters. The molecule has 0 aliphatic carbocycles. The zero-order valence-corrected chi connectivity index (χ0v) is 18.4. The monoisotopic (exact) mass is 458 g/mol. The van der Waals surface area contributed by atoms with Crippen molar-refractivity contribution in [2.24, 2.45) is 4.99 Å². The Kier molecular flexibility index (Phi) is 5.47. The van der Waals surface area contributed by atoms with Crippen molar-refractivity contribution in [2.75, 3.05) is 13.7 Å². The van der Waals surface area contributed by atoms with Crippen LogP contribution in [0.3, 0.4) is 0 Å². The number of sulfonamides is 1. The molecule has 3 rings (SSSR count). The number of hydrogen-bond donors (Lipinski definition) is 1. The number of nitro benzene ring substituents is 1. The topological polar surface area (TPSA) is 140 Å². The van der Waals surface area contributed by atoms with E-state index >= 15 is 0 Å². The van der Waals surface area contributed by atoms with E-state index in [1.54, 1.807) is 20.8 Å². The molecule has 0 radical (unpaired) electrons. The van der Waals surface area contributed by atoms with E-state index in [2.05, 4.69) is 10.3 Å². The smallest absolute Gasteiger partial charge is 0.414 e. The number of ether oxygens (including phenoxy) is 2. The summed E-state index contributed by atoms with van der Waals surface area (Å²) >= 11 is 0. The van der Waals surface area contributed by atoms with Gasteiger partial charge in [-0.15, -0.1) is 0 Å². The number of benzene rings is 1. The van der Waals surface area contributed by atoms with Crippen LogP contribution in [-0.2, 0) is 25.0 Å². The highest BCUT2D eigenvalue weighted by atomic mass is 32.2. The zero-order valence-electron chi connectivity index (χ0n) is 17.6. The minimum Gasteiger partial charge on any atom is -0.444 e. The molecule has 0 aromatic heterocycles. The third kappa shape index (κ3) is 3.94. The summed E-state index contributed by atoms with van der Waals surface area (Å²) in [6, 6.07) is 2.79. The summed E-state index contributed by atoms with van der Waals surface area (Å²) in [4.78, 5) is 27.1. The molecule has 1 aromatic rings. The highest BCUT2D eigenvalue weighted by Gasteiger charge is 2.61. The van der Waals surface area contributed by atoms with Crippen molar-refractivity contribution >= 4 is 27.8 Å². The molecule has 0 unspecified atom stereocenters. The van der Waals surface area contributed by atoms with Crippen molar-refractivity contribution < 1.29 is 32.0 Å². The van der Waals surface area contributed by atoms with Gasteiger partial charge in [0, 0.05) is 24.7 Å². The first-order chi connectivity index (χ1) is 14.2. The molecule has 0 spiro atoms. The Labute approximate surface area is 178 Å². The number of guanidine groups is 1. The Bertz CT molecular complexity index is 1070. The van der Waals surface area contributed by atoms with E-state index in [4.69, 9.17) is 9.47 Å². The lowest BCUT2D eigenvalue weighted by atomic mass is 9.86. The number of non-ortho nitro benzene ring substituents is 1. The fraction of sp³-hybridized carbons (Fsp3) is 0.556. The summed E-state index contributed by atoms with van der Waals surface area (Å²) in [5.41, 5.74) is -3.45. The molecular formula is C18H23FN4O7S. The van der Waals surface area contributed by atoms with E-state index in [-0.39, 0.29) is 12.2 Å². The molecule has 1 N–H and O–H groups in total. The van der Waals surface area contributed by atoms with Gasteiger partial charge in [0.25, 0.3) is 5.69 Å². The van der Waals surface area contributed by atoms with Gasteiger partial charge in [-0.3, -0.25) is 15.4 Å². The van der Waals surface area contributed by atoms with Crippen LogP contribution in [0.25, 0.3) is 0 Å². The Morgan fingerprint density at radius 2 is 2.10 bits per heavy atom. The summed E-state index contributed by atoms with van der Waals surface area (Å²) in [6.07, 6.45) is -1.86. The van der Waals surface area contributed by atoms with Crippen LogP contribution in [0.4, 0.5) is 14.9 Å². The van der Waals surface area contributed by atoms with Gasteiger partial charge in [-0.05, 0) is 33.8 Å². The van der Waals surface area contributed by atoms with Gasteiger partial charge in [0.1, 0.15) is 22.2 Å². The molecule has 2 aliphatic rings. The summed E-state index contributed by atoms with van der Waals surface area (Å²) in [5, 5.41) is 12.2. The summed E-state index contributed by atoms with van der Waals surface area (Å²) < 4.78 is 52.9. The first-order valence-electron chi connectivity index (χ1n) is 9.33. The number of halogens is 1. The molecule has 1 saturated heterocycles. The number of nitro groups is 1. The van der Waals surface area contributed by atoms with Crippen LogP contribution >= 0.6 is 0 Å². The van der Waals surface area contributed by atoms with Gasteiger partial charge < -0.3 is 9.47 Å². The average molecular weight is 458 g/mol. The molecule has 1 fully saturated rings. The Morgan fingerprint density at radius 1 is 1.45 bits per heavy atom. The molecule has 170 valence electrons.